The lowest BCUT2D eigenvalue weighted by Crippen LogP contribution is -2.42. The summed E-state index contributed by atoms with van der Waals surface area (Å²) in [6.45, 7) is 6.09. The molecular weight excluding hydrogens is 306 g/mol. The first-order valence-corrected chi connectivity index (χ1v) is 8.63. The number of ketones is 1. The Morgan fingerprint density at radius 1 is 1.33 bits per heavy atom. The molecule has 0 aromatic heterocycles. The summed E-state index contributed by atoms with van der Waals surface area (Å²) >= 11 is 0. The molecule has 1 aliphatic heterocycles. The van der Waals surface area contributed by atoms with Gasteiger partial charge in [-0.15, -0.1) is 0 Å². The molecule has 0 saturated carbocycles. The van der Waals surface area contributed by atoms with Crippen LogP contribution >= 0.6 is 0 Å². The fourth-order valence-corrected chi connectivity index (χ4v) is 3.15. The van der Waals surface area contributed by atoms with Crippen molar-refractivity contribution in [1.29, 1.82) is 0 Å². The monoisotopic (exact) mass is 333 g/mol. The number of ether oxygens (including phenoxy) is 1. The van der Waals surface area contributed by atoms with Crippen LogP contribution in [-0.4, -0.2) is 47.2 Å². The van der Waals surface area contributed by atoms with Crippen molar-refractivity contribution in [3.8, 4) is 0 Å². The van der Waals surface area contributed by atoms with Crippen LogP contribution in [0.1, 0.15) is 32.8 Å². The predicted octanol–water partition coefficient (Wildman–Crippen LogP) is 2.66. The molecule has 2 rings (SSSR count). The zero-order chi connectivity index (χ0) is 17.7. The van der Waals surface area contributed by atoms with Gasteiger partial charge < -0.3 is 14.7 Å². The molecule has 5 nitrogen and oxygen atoms in total. The van der Waals surface area contributed by atoms with Crippen molar-refractivity contribution in [2.45, 2.75) is 45.8 Å². The maximum Gasteiger partial charge on any atom is 0.410 e. The van der Waals surface area contributed by atoms with Gasteiger partial charge in [-0.2, -0.15) is 0 Å². The van der Waals surface area contributed by atoms with Crippen LogP contribution in [0.3, 0.4) is 0 Å². The molecule has 1 aromatic rings. The van der Waals surface area contributed by atoms with Gasteiger partial charge in [0.25, 0.3) is 0 Å². The van der Waals surface area contributed by atoms with Crippen molar-refractivity contribution in [2.75, 3.05) is 13.2 Å². The Morgan fingerprint density at radius 3 is 2.62 bits per heavy atom. The zero-order valence-corrected chi connectivity index (χ0v) is 14.6. The second-order valence-corrected chi connectivity index (χ2v) is 6.64. The Balaban J connectivity index is 2.00. The van der Waals surface area contributed by atoms with Gasteiger partial charge in [0.1, 0.15) is 12.4 Å². The van der Waals surface area contributed by atoms with Crippen molar-refractivity contribution < 1.29 is 19.4 Å². The third-order valence-corrected chi connectivity index (χ3v) is 4.79. The van der Waals surface area contributed by atoms with Crippen molar-refractivity contribution in [2.24, 2.45) is 11.8 Å². The first-order chi connectivity index (χ1) is 11.4. The summed E-state index contributed by atoms with van der Waals surface area (Å²) in [5.74, 6) is -0.760. The van der Waals surface area contributed by atoms with E-state index in [2.05, 4.69) is 0 Å². The maximum absolute atomic E-state index is 12.5. The zero-order valence-electron chi connectivity index (χ0n) is 14.6. The number of Topliss-reactive ketones (excluding diaryl/α,β-unsaturated/α-hetero) is 1. The third kappa shape index (κ3) is 4.35. The summed E-state index contributed by atoms with van der Waals surface area (Å²) in [6, 6.07) is 9.89. The van der Waals surface area contributed by atoms with E-state index in [1.165, 1.54) is 0 Å². The van der Waals surface area contributed by atoms with Gasteiger partial charge in [-0.25, -0.2) is 4.79 Å². The Kier molecular flexibility index (Phi) is 6.37. The smallest absolute Gasteiger partial charge is 0.410 e. The van der Waals surface area contributed by atoms with Crippen LogP contribution in [0.15, 0.2) is 30.3 Å². The minimum Gasteiger partial charge on any atom is -0.447 e. The van der Waals surface area contributed by atoms with Crippen LogP contribution in [0.25, 0.3) is 0 Å². The number of aliphatic hydroxyl groups is 1. The number of hydrogen-bond acceptors (Lipinski definition) is 4. The van der Waals surface area contributed by atoms with E-state index in [1.54, 1.807) is 11.8 Å². The first kappa shape index (κ1) is 18.5. The van der Waals surface area contributed by atoms with Gasteiger partial charge in [-0.05, 0) is 18.4 Å². The van der Waals surface area contributed by atoms with E-state index < -0.39 is 12.0 Å². The molecule has 0 aliphatic carbocycles. The molecule has 4 atom stereocenters. The number of carbonyl (C=O) groups is 2. The standard InChI is InChI=1S/C19H27NO4/c1-4-17(21)14(3)18(22)13(2)11-20-16(12-24-19(20)23)10-15-8-6-5-7-9-15/h5-9,13-14,16-17,21H,4,10-12H2,1-3H3/t13-,14-,16-,17+/m0/s1. The molecule has 0 unspecified atom stereocenters. The fraction of sp³-hybridized carbons (Fsp3) is 0.579. The number of aliphatic hydroxyl groups excluding tert-OH is 1. The van der Waals surface area contributed by atoms with Gasteiger partial charge in [0.2, 0.25) is 0 Å². The molecule has 1 aliphatic rings. The largest absolute Gasteiger partial charge is 0.447 e. The van der Waals surface area contributed by atoms with Crippen LogP contribution in [0.4, 0.5) is 4.79 Å². The van der Waals surface area contributed by atoms with Gasteiger partial charge in [0.05, 0.1) is 12.1 Å². The summed E-state index contributed by atoms with van der Waals surface area (Å²) in [4.78, 5) is 26.2. The van der Waals surface area contributed by atoms with Gasteiger partial charge >= 0.3 is 6.09 Å². The molecule has 1 fully saturated rings. The van der Waals surface area contributed by atoms with Crippen molar-refractivity contribution in [1.82, 2.24) is 4.90 Å². The van der Waals surface area contributed by atoms with Crippen LogP contribution in [0, 0.1) is 11.8 Å². The average Bonchev–Trinajstić information content (AvgIpc) is 2.93. The van der Waals surface area contributed by atoms with E-state index in [0.29, 0.717) is 26.0 Å². The van der Waals surface area contributed by atoms with Gasteiger partial charge in [0.15, 0.2) is 0 Å². The number of amides is 1. The molecule has 1 heterocycles. The highest BCUT2D eigenvalue weighted by Gasteiger charge is 2.36. The number of benzene rings is 1. The molecule has 0 radical (unpaired) electrons. The van der Waals surface area contributed by atoms with Crippen LogP contribution < -0.4 is 0 Å². The summed E-state index contributed by atoms with van der Waals surface area (Å²) in [6.07, 6.45) is 0.257. The van der Waals surface area contributed by atoms with E-state index >= 15 is 0 Å². The minimum absolute atomic E-state index is 0.0116. The number of rotatable bonds is 8. The summed E-state index contributed by atoms with van der Waals surface area (Å²) in [7, 11) is 0. The van der Waals surface area contributed by atoms with Gasteiger partial charge in [-0.1, -0.05) is 51.1 Å². The second kappa shape index (κ2) is 8.29. The minimum atomic E-state index is -0.634. The van der Waals surface area contributed by atoms with Gasteiger partial charge in [-0.3, -0.25) is 4.79 Å². The van der Waals surface area contributed by atoms with Crippen LogP contribution in [-0.2, 0) is 16.0 Å². The molecule has 5 heteroatoms. The predicted molar refractivity (Wildman–Crippen MR) is 91.6 cm³/mol. The van der Waals surface area contributed by atoms with E-state index in [9.17, 15) is 14.7 Å². The molecule has 0 spiro atoms. The van der Waals surface area contributed by atoms with Crippen molar-refractivity contribution in [3.05, 3.63) is 35.9 Å². The number of hydrogen-bond donors (Lipinski definition) is 1. The maximum atomic E-state index is 12.5. The first-order valence-electron chi connectivity index (χ1n) is 8.63. The van der Waals surface area contributed by atoms with E-state index in [4.69, 9.17) is 4.74 Å². The highest BCUT2D eigenvalue weighted by Crippen LogP contribution is 2.21. The summed E-state index contributed by atoms with van der Waals surface area (Å²) < 4.78 is 5.19. The molecular formula is C19H27NO4. The lowest BCUT2D eigenvalue weighted by atomic mass is 9.89. The van der Waals surface area contributed by atoms with Crippen LogP contribution in [0.2, 0.25) is 0 Å². The quantitative estimate of drug-likeness (QED) is 0.794. The topological polar surface area (TPSA) is 66.8 Å². The summed E-state index contributed by atoms with van der Waals surface area (Å²) in [5, 5.41) is 9.88. The van der Waals surface area contributed by atoms with Crippen molar-refractivity contribution >= 4 is 11.9 Å². The van der Waals surface area contributed by atoms with E-state index in [-0.39, 0.29) is 23.8 Å². The molecule has 1 N–H and O–H groups in total. The second-order valence-electron chi connectivity index (χ2n) is 6.64. The molecule has 1 amide bonds. The average molecular weight is 333 g/mol. The third-order valence-electron chi connectivity index (χ3n) is 4.79. The van der Waals surface area contributed by atoms with E-state index in [1.807, 2.05) is 44.2 Å². The SMILES string of the molecule is CC[C@@H](O)[C@H](C)C(=O)[C@@H](C)CN1C(=O)OC[C@@H]1Cc1ccccc1. The fourth-order valence-electron chi connectivity index (χ4n) is 3.15. The lowest BCUT2D eigenvalue weighted by Gasteiger charge is -2.26. The Labute approximate surface area is 143 Å². The number of nitrogens with zero attached hydrogens (tertiary/aromatic N) is 1. The molecule has 1 aromatic carbocycles. The summed E-state index contributed by atoms with van der Waals surface area (Å²) in [5.41, 5.74) is 1.14. The Morgan fingerprint density at radius 2 is 2.00 bits per heavy atom. The molecule has 24 heavy (non-hydrogen) atoms. The molecule has 132 valence electrons. The number of carbonyl (C=O) groups excluding carboxylic acids is 2. The van der Waals surface area contributed by atoms with Crippen LogP contribution in [0.5, 0.6) is 0 Å². The number of cyclic esters (lactones) is 1. The highest BCUT2D eigenvalue weighted by molar-refractivity contribution is 5.84. The van der Waals surface area contributed by atoms with Crippen molar-refractivity contribution in [3.63, 3.8) is 0 Å². The molecule has 1 saturated heterocycles. The lowest BCUT2D eigenvalue weighted by molar-refractivity contribution is -0.129. The Bertz CT molecular complexity index is 560. The Hall–Kier alpha value is -1.88. The normalized spacial score (nSPS) is 21.2. The molecule has 0 bridgehead atoms. The van der Waals surface area contributed by atoms with E-state index in [0.717, 1.165) is 5.56 Å². The highest BCUT2D eigenvalue weighted by atomic mass is 16.6. The van der Waals surface area contributed by atoms with Gasteiger partial charge in [0, 0.05) is 18.4 Å².